The Morgan fingerprint density at radius 1 is 0.941 bits per heavy atom. The quantitative estimate of drug-likeness (QED) is 0.534. The Morgan fingerprint density at radius 2 is 1.62 bits per heavy atom. The van der Waals surface area contributed by atoms with Crippen LogP contribution in [0.5, 0.6) is 11.5 Å². The molecule has 2 unspecified atom stereocenters. The molecule has 178 valence electrons. The maximum Gasteiger partial charge on any atom is 0.243 e. The van der Waals surface area contributed by atoms with Crippen LogP contribution in [-0.2, 0) is 21.4 Å². The van der Waals surface area contributed by atoms with Crippen molar-refractivity contribution in [2.24, 2.45) is 5.92 Å². The van der Waals surface area contributed by atoms with Gasteiger partial charge >= 0.3 is 0 Å². The number of nitrogens with one attached hydrogen (secondary N) is 1. The molecule has 1 N–H and O–H groups in total. The van der Waals surface area contributed by atoms with Crippen LogP contribution in [0.3, 0.4) is 0 Å². The van der Waals surface area contributed by atoms with Gasteiger partial charge in [-0.15, -0.1) is 0 Å². The predicted molar refractivity (Wildman–Crippen MR) is 129 cm³/mol. The van der Waals surface area contributed by atoms with Gasteiger partial charge in [0, 0.05) is 31.6 Å². The van der Waals surface area contributed by atoms with Crippen LogP contribution in [0, 0.1) is 5.92 Å². The van der Waals surface area contributed by atoms with Crippen molar-refractivity contribution >= 4 is 15.9 Å². The lowest BCUT2D eigenvalue weighted by Gasteiger charge is -2.21. The van der Waals surface area contributed by atoms with Crippen LogP contribution < -0.4 is 14.8 Å². The molecular weight excluding hydrogens is 452 g/mol. The van der Waals surface area contributed by atoms with Gasteiger partial charge in [-0.1, -0.05) is 54.6 Å². The molecule has 4 rings (SSSR count). The Morgan fingerprint density at radius 3 is 2.26 bits per heavy atom. The molecule has 1 aliphatic rings. The Hall–Kier alpha value is -3.36. The molecule has 0 aliphatic carbocycles. The Balaban J connectivity index is 1.65. The molecule has 3 aromatic carbocycles. The average molecular weight is 481 g/mol. The highest BCUT2D eigenvalue weighted by molar-refractivity contribution is 7.89. The van der Waals surface area contributed by atoms with Gasteiger partial charge in [0.25, 0.3) is 0 Å². The number of ether oxygens (including phenoxy) is 2. The fourth-order valence-electron chi connectivity index (χ4n) is 4.33. The first-order valence-electron chi connectivity index (χ1n) is 11.0. The molecule has 0 saturated carbocycles. The summed E-state index contributed by atoms with van der Waals surface area (Å²) in [4.78, 5) is 13.5. The average Bonchev–Trinajstić information content (AvgIpc) is 3.34. The standard InChI is InChI=1S/C26H28N2O5S/c1-32-20-13-14-22(25(15-20)33-2)23-17-28(34(30,31)21-11-7-4-8-12-21)18-24(23)26(29)27-16-19-9-5-3-6-10-19/h3-15,23-24H,16-18H2,1-2H3,(H,27,29). The van der Waals surface area contributed by atoms with Crippen LogP contribution in [-0.4, -0.2) is 45.9 Å². The summed E-state index contributed by atoms with van der Waals surface area (Å²) in [5.74, 6) is 0.0266. The van der Waals surface area contributed by atoms with Crippen molar-refractivity contribution in [3.05, 3.63) is 90.0 Å². The molecule has 0 bridgehead atoms. The van der Waals surface area contributed by atoms with Gasteiger partial charge in [-0.25, -0.2) is 8.42 Å². The summed E-state index contributed by atoms with van der Waals surface area (Å²) in [6, 6.07) is 23.3. The van der Waals surface area contributed by atoms with E-state index in [9.17, 15) is 13.2 Å². The second-order valence-corrected chi connectivity index (χ2v) is 10.1. The summed E-state index contributed by atoms with van der Waals surface area (Å²) in [6.45, 7) is 0.620. The molecule has 34 heavy (non-hydrogen) atoms. The molecule has 1 saturated heterocycles. The Labute approximate surface area is 200 Å². The number of sulfonamides is 1. The van der Waals surface area contributed by atoms with Gasteiger partial charge in [-0.3, -0.25) is 4.79 Å². The number of benzene rings is 3. The summed E-state index contributed by atoms with van der Waals surface area (Å²) in [5.41, 5.74) is 1.75. The number of methoxy groups -OCH3 is 2. The minimum Gasteiger partial charge on any atom is -0.497 e. The number of carbonyl (C=O) groups is 1. The summed E-state index contributed by atoms with van der Waals surface area (Å²) < 4.78 is 39.0. The summed E-state index contributed by atoms with van der Waals surface area (Å²) >= 11 is 0. The van der Waals surface area contributed by atoms with Crippen LogP contribution in [0.25, 0.3) is 0 Å². The van der Waals surface area contributed by atoms with Crippen LogP contribution in [0.1, 0.15) is 17.0 Å². The highest BCUT2D eigenvalue weighted by Gasteiger charge is 2.44. The Kier molecular flexibility index (Phi) is 7.19. The maximum absolute atomic E-state index is 13.4. The summed E-state index contributed by atoms with van der Waals surface area (Å²) in [5, 5.41) is 2.99. The van der Waals surface area contributed by atoms with E-state index in [1.807, 2.05) is 36.4 Å². The third-order valence-electron chi connectivity index (χ3n) is 6.15. The lowest BCUT2D eigenvalue weighted by molar-refractivity contribution is -0.125. The fourth-order valence-corrected chi connectivity index (χ4v) is 5.84. The topological polar surface area (TPSA) is 84.9 Å². The fraction of sp³-hybridized carbons (Fsp3) is 0.269. The maximum atomic E-state index is 13.4. The van der Waals surface area contributed by atoms with Crippen molar-refractivity contribution in [3.63, 3.8) is 0 Å². The SMILES string of the molecule is COc1ccc(C2CN(S(=O)(=O)c3ccccc3)CC2C(=O)NCc2ccccc2)c(OC)c1. The zero-order chi connectivity index (χ0) is 24.1. The van der Waals surface area contributed by atoms with E-state index >= 15 is 0 Å². The monoisotopic (exact) mass is 480 g/mol. The van der Waals surface area contributed by atoms with Gasteiger partial charge in [0.1, 0.15) is 11.5 Å². The second kappa shape index (κ2) is 10.3. The van der Waals surface area contributed by atoms with E-state index in [1.54, 1.807) is 56.7 Å². The zero-order valence-electron chi connectivity index (χ0n) is 19.2. The van der Waals surface area contributed by atoms with Crippen molar-refractivity contribution in [2.75, 3.05) is 27.3 Å². The molecule has 3 aromatic rings. The number of hydrogen-bond donors (Lipinski definition) is 1. The largest absolute Gasteiger partial charge is 0.497 e. The van der Waals surface area contributed by atoms with E-state index < -0.39 is 15.9 Å². The molecule has 0 spiro atoms. The van der Waals surface area contributed by atoms with Crippen molar-refractivity contribution in [1.82, 2.24) is 9.62 Å². The molecule has 1 amide bonds. The van der Waals surface area contributed by atoms with Crippen molar-refractivity contribution in [1.29, 1.82) is 0 Å². The summed E-state index contributed by atoms with van der Waals surface area (Å²) in [7, 11) is -0.638. The number of rotatable bonds is 8. The molecule has 8 heteroatoms. The van der Waals surface area contributed by atoms with E-state index in [1.165, 1.54) is 4.31 Å². The van der Waals surface area contributed by atoms with Crippen LogP contribution in [0.15, 0.2) is 83.8 Å². The lowest BCUT2D eigenvalue weighted by atomic mass is 9.87. The van der Waals surface area contributed by atoms with E-state index in [4.69, 9.17) is 9.47 Å². The van der Waals surface area contributed by atoms with Crippen molar-refractivity contribution in [2.45, 2.75) is 17.4 Å². The number of amides is 1. The first-order chi connectivity index (χ1) is 16.4. The molecule has 1 aliphatic heterocycles. The van der Waals surface area contributed by atoms with Crippen LogP contribution >= 0.6 is 0 Å². The number of carbonyl (C=O) groups excluding carboxylic acids is 1. The van der Waals surface area contributed by atoms with Gasteiger partial charge < -0.3 is 14.8 Å². The molecular formula is C26H28N2O5S. The molecule has 1 fully saturated rings. The molecule has 7 nitrogen and oxygen atoms in total. The molecule has 2 atom stereocenters. The number of nitrogens with zero attached hydrogens (tertiary/aromatic N) is 1. The van der Waals surface area contributed by atoms with Gasteiger partial charge in [0.15, 0.2) is 0 Å². The minimum absolute atomic E-state index is 0.0811. The summed E-state index contributed by atoms with van der Waals surface area (Å²) in [6.07, 6.45) is 0. The van der Waals surface area contributed by atoms with Gasteiger partial charge in [0.2, 0.25) is 15.9 Å². The van der Waals surface area contributed by atoms with Crippen LogP contribution in [0.2, 0.25) is 0 Å². The predicted octanol–water partition coefficient (Wildman–Crippen LogP) is 3.42. The first-order valence-corrected chi connectivity index (χ1v) is 12.5. The Bertz CT molecular complexity index is 1230. The van der Waals surface area contributed by atoms with Crippen molar-refractivity contribution < 1.29 is 22.7 Å². The van der Waals surface area contributed by atoms with E-state index in [0.29, 0.717) is 18.0 Å². The zero-order valence-corrected chi connectivity index (χ0v) is 20.0. The number of hydrogen-bond acceptors (Lipinski definition) is 5. The van der Waals surface area contributed by atoms with Gasteiger partial charge in [-0.2, -0.15) is 4.31 Å². The van der Waals surface area contributed by atoms with Gasteiger partial charge in [0.05, 0.1) is 25.0 Å². The van der Waals surface area contributed by atoms with E-state index in [0.717, 1.165) is 11.1 Å². The second-order valence-electron chi connectivity index (χ2n) is 8.16. The van der Waals surface area contributed by atoms with Crippen LogP contribution in [0.4, 0.5) is 0 Å². The highest BCUT2D eigenvalue weighted by atomic mass is 32.2. The highest BCUT2D eigenvalue weighted by Crippen LogP contribution is 2.41. The molecule has 0 radical (unpaired) electrons. The van der Waals surface area contributed by atoms with E-state index in [-0.39, 0.29) is 29.8 Å². The molecule has 0 aromatic heterocycles. The molecule has 1 heterocycles. The minimum atomic E-state index is -3.76. The van der Waals surface area contributed by atoms with E-state index in [2.05, 4.69) is 5.32 Å². The third-order valence-corrected chi connectivity index (χ3v) is 8.00. The van der Waals surface area contributed by atoms with Gasteiger partial charge in [-0.05, 0) is 29.3 Å². The van der Waals surface area contributed by atoms with Crippen molar-refractivity contribution in [3.8, 4) is 11.5 Å². The normalized spacial score (nSPS) is 18.4. The smallest absolute Gasteiger partial charge is 0.243 e. The third kappa shape index (κ3) is 4.93. The lowest BCUT2D eigenvalue weighted by Crippen LogP contribution is -2.35. The first kappa shape index (κ1) is 23.8.